The molecule has 84 valence electrons. The Morgan fingerprint density at radius 2 is 1.94 bits per heavy atom. The van der Waals surface area contributed by atoms with Crippen LogP contribution in [0.5, 0.6) is 0 Å². The van der Waals surface area contributed by atoms with Gasteiger partial charge >= 0.3 is 0 Å². The molecule has 0 saturated heterocycles. The molecular weight excluding hydrogens is 205 g/mol. The Labute approximate surface area is 94.0 Å². The van der Waals surface area contributed by atoms with E-state index in [1.807, 2.05) is 29.0 Å². The van der Waals surface area contributed by atoms with Gasteiger partial charge in [-0.05, 0) is 30.2 Å². The average Bonchev–Trinajstić information content (AvgIpc) is 2.75. The fourth-order valence-corrected chi connectivity index (χ4v) is 1.75. The molecule has 2 rings (SSSR count). The molecule has 0 atom stereocenters. The van der Waals surface area contributed by atoms with Gasteiger partial charge in [-0.1, -0.05) is 18.2 Å². The number of aliphatic hydroxyl groups excluding tert-OH is 1. The number of halogens is 1. The second-order valence-corrected chi connectivity index (χ2v) is 3.69. The summed E-state index contributed by atoms with van der Waals surface area (Å²) in [5.41, 5.74) is 1.57. The molecule has 16 heavy (non-hydrogen) atoms. The molecule has 0 fully saturated rings. The highest BCUT2D eigenvalue weighted by molar-refractivity contribution is 5.17. The summed E-state index contributed by atoms with van der Waals surface area (Å²) >= 11 is 0. The third-order valence-corrected chi connectivity index (χ3v) is 2.67. The summed E-state index contributed by atoms with van der Waals surface area (Å²) in [5, 5.41) is 9.06. The lowest BCUT2D eigenvalue weighted by Crippen LogP contribution is -2.05. The lowest BCUT2D eigenvalue weighted by molar-refractivity contribution is 0.270. The number of benzene rings is 1. The Morgan fingerprint density at radius 1 is 1.12 bits per heavy atom. The molecule has 1 N–H and O–H groups in total. The smallest absolute Gasteiger partial charge is 0.126 e. The van der Waals surface area contributed by atoms with Gasteiger partial charge in [0.25, 0.3) is 0 Å². The molecule has 0 radical (unpaired) electrons. The van der Waals surface area contributed by atoms with Crippen LogP contribution in [0.1, 0.15) is 11.3 Å². The van der Waals surface area contributed by atoms with E-state index in [0.717, 1.165) is 5.69 Å². The van der Waals surface area contributed by atoms with Crippen molar-refractivity contribution >= 4 is 0 Å². The maximum atomic E-state index is 13.3. The number of hydrogen-bond acceptors (Lipinski definition) is 1. The minimum absolute atomic E-state index is 0.0181. The summed E-state index contributed by atoms with van der Waals surface area (Å²) in [6.45, 7) is 0.702. The standard InChI is InChI=1S/C13H14FNO/c14-13-6-2-1-4-11(13)7-9-15-8-3-5-12(15)10-16/h1-6,8,16H,7,9-10H2. The molecule has 3 heteroatoms. The zero-order chi connectivity index (χ0) is 11.4. The van der Waals surface area contributed by atoms with Crippen molar-refractivity contribution < 1.29 is 9.50 Å². The lowest BCUT2D eigenvalue weighted by Gasteiger charge is -2.07. The summed E-state index contributed by atoms with van der Waals surface area (Å²) < 4.78 is 15.3. The number of aryl methyl sites for hydroxylation is 2. The van der Waals surface area contributed by atoms with Crippen LogP contribution < -0.4 is 0 Å². The zero-order valence-corrected chi connectivity index (χ0v) is 8.94. The summed E-state index contributed by atoms with van der Waals surface area (Å²) in [4.78, 5) is 0. The van der Waals surface area contributed by atoms with Gasteiger partial charge in [0, 0.05) is 18.4 Å². The van der Waals surface area contributed by atoms with Crippen LogP contribution in [0.4, 0.5) is 4.39 Å². The molecule has 0 amide bonds. The lowest BCUT2D eigenvalue weighted by atomic mass is 10.1. The SMILES string of the molecule is OCc1cccn1CCc1ccccc1F. The maximum absolute atomic E-state index is 13.3. The van der Waals surface area contributed by atoms with E-state index in [4.69, 9.17) is 5.11 Å². The van der Waals surface area contributed by atoms with Crippen LogP contribution in [0.25, 0.3) is 0 Å². The second-order valence-electron chi connectivity index (χ2n) is 3.69. The first-order chi connectivity index (χ1) is 7.81. The van der Waals surface area contributed by atoms with Crippen LogP contribution in [0.3, 0.4) is 0 Å². The molecule has 0 saturated carbocycles. The first kappa shape index (κ1) is 10.9. The molecule has 0 aliphatic rings. The highest BCUT2D eigenvalue weighted by Gasteiger charge is 2.03. The normalized spacial score (nSPS) is 10.6. The van der Waals surface area contributed by atoms with Crippen molar-refractivity contribution in [2.75, 3.05) is 0 Å². The van der Waals surface area contributed by atoms with Crippen LogP contribution in [0.2, 0.25) is 0 Å². The van der Waals surface area contributed by atoms with E-state index < -0.39 is 0 Å². The summed E-state index contributed by atoms with van der Waals surface area (Å²) in [6, 6.07) is 10.5. The molecule has 1 aromatic heterocycles. The van der Waals surface area contributed by atoms with Crippen LogP contribution in [0.15, 0.2) is 42.6 Å². The van der Waals surface area contributed by atoms with E-state index in [9.17, 15) is 4.39 Å². The summed E-state index contributed by atoms with van der Waals surface area (Å²) in [6.07, 6.45) is 2.53. The molecular formula is C13H14FNO. The summed E-state index contributed by atoms with van der Waals surface area (Å²) in [5.74, 6) is -0.166. The molecule has 0 unspecified atom stereocenters. The number of nitrogens with zero attached hydrogens (tertiary/aromatic N) is 1. The van der Waals surface area contributed by atoms with Crippen molar-refractivity contribution in [1.29, 1.82) is 0 Å². The monoisotopic (exact) mass is 219 g/mol. The topological polar surface area (TPSA) is 25.2 Å². The van der Waals surface area contributed by atoms with Crippen molar-refractivity contribution in [3.8, 4) is 0 Å². The van der Waals surface area contributed by atoms with Gasteiger partial charge in [0.2, 0.25) is 0 Å². The van der Waals surface area contributed by atoms with Crippen LogP contribution in [-0.2, 0) is 19.6 Å². The van der Waals surface area contributed by atoms with Gasteiger partial charge in [-0.3, -0.25) is 0 Å². The number of aliphatic hydroxyl groups is 1. The minimum atomic E-state index is -0.166. The van der Waals surface area contributed by atoms with Gasteiger partial charge < -0.3 is 9.67 Å². The molecule has 0 aliphatic heterocycles. The Hall–Kier alpha value is -1.61. The zero-order valence-electron chi connectivity index (χ0n) is 8.94. The maximum Gasteiger partial charge on any atom is 0.126 e. The van der Waals surface area contributed by atoms with E-state index in [-0.39, 0.29) is 12.4 Å². The van der Waals surface area contributed by atoms with Crippen LogP contribution >= 0.6 is 0 Å². The largest absolute Gasteiger partial charge is 0.390 e. The van der Waals surface area contributed by atoms with Gasteiger partial charge in [-0.2, -0.15) is 0 Å². The highest BCUT2D eigenvalue weighted by atomic mass is 19.1. The Kier molecular flexibility index (Phi) is 3.37. The predicted octanol–water partition coefficient (Wildman–Crippen LogP) is 2.36. The van der Waals surface area contributed by atoms with Crippen molar-refractivity contribution in [1.82, 2.24) is 4.57 Å². The first-order valence-electron chi connectivity index (χ1n) is 5.29. The third-order valence-electron chi connectivity index (χ3n) is 2.67. The fourth-order valence-electron chi connectivity index (χ4n) is 1.75. The molecule has 2 aromatic rings. The van der Waals surface area contributed by atoms with E-state index in [2.05, 4.69) is 0 Å². The molecule has 1 aromatic carbocycles. The fraction of sp³-hybridized carbons (Fsp3) is 0.231. The summed E-state index contributed by atoms with van der Waals surface area (Å²) in [7, 11) is 0. The molecule has 0 aliphatic carbocycles. The van der Waals surface area contributed by atoms with Gasteiger partial charge in [0.1, 0.15) is 5.82 Å². The van der Waals surface area contributed by atoms with E-state index >= 15 is 0 Å². The van der Waals surface area contributed by atoms with Crippen molar-refractivity contribution in [3.63, 3.8) is 0 Å². The number of hydrogen-bond donors (Lipinski definition) is 1. The minimum Gasteiger partial charge on any atom is -0.390 e. The molecule has 0 spiro atoms. The number of aromatic nitrogens is 1. The van der Waals surface area contributed by atoms with Gasteiger partial charge in [-0.25, -0.2) is 4.39 Å². The van der Waals surface area contributed by atoms with Crippen molar-refractivity contribution in [2.24, 2.45) is 0 Å². The Balaban J connectivity index is 2.05. The van der Waals surface area contributed by atoms with Crippen LogP contribution in [-0.4, -0.2) is 9.67 Å². The van der Waals surface area contributed by atoms with Crippen molar-refractivity contribution in [3.05, 3.63) is 59.7 Å². The first-order valence-corrected chi connectivity index (χ1v) is 5.29. The van der Waals surface area contributed by atoms with Gasteiger partial charge in [0.05, 0.1) is 6.61 Å². The Morgan fingerprint density at radius 3 is 2.69 bits per heavy atom. The second kappa shape index (κ2) is 4.94. The van der Waals surface area contributed by atoms with Gasteiger partial charge in [0.15, 0.2) is 0 Å². The van der Waals surface area contributed by atoms with E-state index in [0.29, 0.717) is 18.5 Å². The molecule has 1 heterocycles. The average molecular weight is 219 g/mol. The van der Waals surface area contributed by atoms with Crippen molar-refractivity contribution in [2.45, 2.75) is 19.6 Å². The third kappa shape index (κ3) is 2.31. The van der Waals surface area contributed by atoms with Gasteiger partial charge in [-0.15, -0.1) is 0 Å². The molecule has 2 nitrogen and oxygen atoms in total. The predicted molar refractivity (Wildman–Crippen MR) is 60.5 cm³/mol. The quantitative estimate of drug-likeness (QED) is 0.839. The molecule has 0 bridgehead atoms. The van der Waals surface area contributed by atoms with Crippen LogP contribution in [0, 0.1) is 5.82 Å². The highest BCUT2D eigenvalue weighted by Crippen LogP contribution is 2.10. The Bertz CT molecular complexity index is 464. The van der Waals surface area contributed by atoms with E-state index in [1.54, 1.807) is 12.1 Å². The van der Waals surface area contributed by atoms with E-state index in [1.165, 1.54) is 6.07 Å². The number of rotatable bonds is 4.